The second-order valence-electron chi connectivity index (χ2n) is 5.00. The Hall–Kier alpha value is -2.33. The first kappa shape index (κ1) is 13.6. The van der Waals surface area contributed by atoms with Gasteiger partial charge in [0.05, 0.1) is 18.2 Å². The molecule has 2 heterocycles. The maximum absolute atomic E-state index is 13.9. The van der Waals surface area contributed by atoms with Crippen molar-refractivity contribution in [2.75, 3.05) is 13.2 Å². The summed E-state index contributed by atoms with van der Waals surface area (Å²) in [6.07, 6.45) is 1.74. The van der Waals surface area contributed by atoms with E-state index in [2.05, 4.69) is 15.5 Å². The predicted molar refractivity (Wildman–Crippen MR) is 70.8 cm³/mol. The monoisotopic (exact) mass is 287 g/mol. The Kier molecular flexibility index (Phi) is 3.88. The Morgan fingerprint density at radius 1 is 1.38 bits per heavy atom. The zero-order valence-electron chi connectivity index (χ0n) is 11.4. The van der Waals surface area contributed by atoms with Crippen molar-refractivity contribution in [2.45, 2.75) is 25.3 Å². The summed E-state index contributed by atoms with van der Waals surface area (Å²) in [6.45, 7) is 1.66. The molecule has 2 aromatic rings. The standard InChI is InChI=1S/C14H14FN5O/c15-13-7-10(8-16)1-2-12(13)9-20-14(17-18-19-20)11-3-5-21-6-4-11/h1-2,7,11H,3-6,9H2. The molecule has 0 amide bonds. The quantitative estimate of drug-likeness (QED) is 0.857. The highest BCUT2D eigenvalue weighted by Gasteiger charge is 2.22. The minimum Gasteiger partial charge on any atom is -0.381 e. The fourth-order valence-electron chi connectivity index (χ4n) is 2.48. The molecule has 1 saturated heterocycles. The summed E-state index contributed by atoms with van der Waals surface area (Å²) >= 11 is 0. The Bertz CT molecular complexity index is 672. The van der Waals surface area contributed by atoms with Gasteiger partial charge in [-0.05, 0) is 35.4 Å². The lowest BCUT2D eigenvalue weighted by Crippen LogP contribution is -2.19. The van der Waals surface area contributed by atoms with Gasteiger partial charge in [0, 0.05) is 24.7 Å². The van der Waals surface area contributed by atoms with Gasteiger partial charge in [0.1, 0.15) is 5.82 Å². The normalized spacial score (nSPS) is 15.8. The van der Waals surface area contributed by atoms with Crippen LogP contribution >= 0.6 is 0 Å². The molecule has 0 N–H and O–H groups in total. The van der Waals surface area contributed by atoms with Gasteiger partial charge in [0.25, 0.3) is 0 Å². The summed E-state index contributed by atoms with van der Waals surface area (Å²) in [5.41, 5.74) is 0.771. The van der Waals surface area contributed by atoms with Gasteiger partial charge in [-0.2, -0.15) is 5.26 Å². The van der Waals surface area contributed by atoms with Crippen LogP contribution in [0.2, 0.25) is 0 Å². The molecule has 1 aromatic carbocycles. The van der Waals surface area contributed by atoms with Crippen molar-refractivity contribution in [1.82, 2.24) is 20.2 Å². The SMILES string of the molecule is N#Cc1ccc(Cn2nnnc2C2CCOCC2)c(F)c1. The van der Waals surface area contributed by atoms with E-state index in [0.717, 1.165) is 18.7 Å². The minimum absolute atomic E-state index is 0.246. The van der Waals surface area contributed by atoms with Crippen LogP contribution in [0.5, 0.6) is 0 Å². The van der Waals surface area contributed by atoms with Gasteiger partial charge in [-0.15, -0.1) is 5.10 Å². The molecule has 1 fully saturated rings. The highest BCUT2D eigenvalue weighted by Crippen LogP contribution is 2.25. The van der Waals surface area contributed by atoms with Crippen LogP contribution in [-0.4, -0.2) is 33.4 Å². The van der Waals surface area contributed by atoms with Crippen LogP contribution in [0.4, 0.5) is 4.39 Å². The second-order valence-corrected chi connectivity index (χ2v) is 5.00. The third-order valence-corrected chi connectivity index (χ3v) is 3.65. The van der Waals surface area contributed by atoms with Crippen molar-refractivity contribution in [2.24, 2.45) is 0 Å². The summed E-state index contributed by atoms with van der Waals surface area (Å²) < 4.78 is 20.9. The van der Waals surface area contributed by atoms with E-state index < -0.39 is 5.82 Å². The lowest BCUT2D eigenvalue weighted by Gasteiger charge is -2.21. The van der Waals surface area contributed by atoms with Crippen LogP contribution in [0, 0.1) is 17.1 Å². The molecular weight excluding hydrogens is 273 g/mol. The van der Waals surface area contributed by atoms with Crippen LogP contribution in [0.15, 0.2) is 18.2 Å². The Balaban J connectivity index is 1.82. The molecule has 21 heavy (non-hydrogen) atoms. The van der Waals surface area contributed by atoms with Crippen LogP contribution in [-0.2, 0) is 11.3 Å². The van der Waals surface area contributed by atoms with Gasteiger partial charge in [0.2, 0.25) is 0 Å². The average Bonchev–Trinajstić information content (AvgIpc) is 2.98. The fraction of sp³-hybridized carbons (Fsp3) is 0.429. The van der Waals surface area contributed by atoms with Gasteiger partial charge < -0.3 is 4.74 Å². The van der Waals surface area contributed by atoms with Crippen molar-refractivity contribution in [3.05, 3.63) is 41.0 Å². The molecule has 0 atom stereocenters. The van der Waals surface area contributed by atoms with E-state index in [0.29, 0.717) is 24.3 Å². The zero-order chi connectivity index (χ0) is 14.7. The van der Waals surface area contributed by atoms with Crippen LogP contribution in [0.3, 0.4) is 0 Å². The number of hydrogen-bond donors (Lipinski definition) is 0. The van der Waals surface area contributed by atoms with Crippen molar-refractivity contribution in [3.8, 4) is 6.07 Å². The molecule has 6 nitrogen and oxygen atoms in total. The van der Waals surface area contributed by atoms with Gasteiger partial charge in [-0.1, -0.05) is 6.07 Å². The van der Waals surface area contributed by atoms with Crippen molar-refractivity contribution < 1.29 is 9.13 Å². The molecule has 3 rings (SSSR count). The maximum Gasteiger partial charge on any atom is 0.154 e. The van der Waals surface area contributed by atoms with Crippen LogP contribution in [0.25, 0.3) is 0 Å². The predicted octanol–water partition coefficient (Wildman–Crippen LogP) is 1.63. The van der Waals surface area contributed by atoms with Gasteiger partial charge in [-0.25, -0.2) is 9.07 Å². The number of tetrazole rings is 1. The summed E-state index contributed by atoms with van der Waals surface area (Å²) in [6, 6.07) is 6.34. The molecule has 0 saturated carbocycles. The van der Waals surface area contributed by atoms with E-state index in [1.807, 2.05) is 6.07 Å². The van der Waals surface area contributed by atoms with Gasteiger partial charge in [0.15, 0.2) is 5.82 Å². The van der Waals surface area contributed by atoms with E-state index in [1.165, 1.54) is 6.07 Å². The van der Waals surface area contributed by atoms with Gasteiger partial charge in [-0.3, -0.25) is 0 Å². The van der Waals surface area contributed by atoms with Crippen LogP contribution < -0.4 is 0 Å². The molecule has 0 unspecified atom stereocenters. The number of aromatic nitrogens is 4. The van der Waals surface area contributed by atoms with Crippen LogP contribution in [0.1, 0.15) is 35.7 Å². The summed E-state index contributed by atoms with van der Waals surface area (Å²) in [4.78, 5) is 0. The number of nitrogens with zero attached hydrogens (tertiary/aromatic N) is 5. The number of nitriles is 1. The largest absolute Gasteiger partial charge is 0.381 e. The molecule has 0 radical (unpaired) electrons. The summed E-state index contributed by atoms with van der Waals surface area (Å²) in [5.74, 6) is 0.597. The van der Waals surface area contributed by atoms with E-state index >= 15 is 0 Å². The van der Waals surface area contributed by atoms with Gasteiger partial charge >= 0.3 is 0 Å². The first-order valence-electron chi connectivity index (χ1n) is 6.80. The number of rotatable bonds is 3. The molecule has 1 aliphatic heterocycles. The molecule has 0 bridgehead atoms. The third-order valence-electron chi connectivity index (χ3n) is 3.65. The maximum atomic E-state index is 13.9. The van der Waals surface area contributed by atoms with Crippen molar-refractivity contribution in [1.29, 1.82) is 5.26 Å². The third kappa shape index (κ3) is 2.90. The molecule has 0 spiro atoms. The first-order chi connectivity index (χ1) is 10.3. The zero-order valence-corrected chi connectivity index (χ0v) is 11.4. The molecule has 0 aliphatic carbocycles. The van der Waals surface area contributed by atoms with E-state index in [4.69, 9.17) is 10.00 Å². The molecule has 7 heteroatoms. The number of benzene rings is 1. The van der Waals surface area contributed by atoms with E-state index in [1.54, 1.807) is 16.8 Å². The van der Waals surface area contributed by atoms with E-state index in [-0.39, 0.29) is 12.5 Å². The number of halogens is 1. The number of ether oxygens (including phenoxy) is 1. The summed E-state index contributed by atoms with van der Waals surface area (Å²) in [5, 5.41) is 20.5. The summed E-state index contributed by atoms with van der Waals surface area (Å²) in [7, 11) is 0. The Morgan fingerprint density at radius 2 is 2.19 bits per heavy atom. The highest BCUT2D eigenvalue weighted by atomic mass is 19.1. The molecule has 108 valence electrons. The molecule has 1 aliphatic rings. The highest BCUT2D eigenvalue weighted by molar-refractivity contribution is 5.33. The van der Waals surface area contributed by atoms with E-state index in [9.17, 15) is 4.39 Å². The smallest absolute Gasteiger partial charge is 0.154 e. The van der Waals surface area contributed by atoms with Crippen molar-refractivity contribution in [3.63, 3.8) is 0 Å². The van der Waals surface area contributed by atoms with Crippen molar-refractivity contribution >= 4 is 0 Å². The topological polar surface area (TPSA) is 76.6 Å². The Morgan fingerprint density at radius 3 is 2.90 bits per heavy atom. The first-order valence-corrected chi connectivity index (χ1v) is 6.80. The fourth-order valence-corrected chi connectivity index (χ4v) is 2.48. The second kappa shape index (κ2) is 5.97. The lowest BCUT2D eigenvalue weighted by atomic mass is 9.99. The lowest BCUT2D eigenvalue weighted by molar-refractivity contribution is 0.0826. The molecular formula is C14H14FN5O. The minimum atomic E-state index is -0.414. The Labute approximate surface area is 121 Å². The average molecular weight is 287 g/mol. The number of hydrogen-bond acceptors (Lipinski definition) is 5. The molecule has 1 aromatic heterocycles.